The third-order valence-corrected chi connectivity index (χ3v) is 5.36. The van der Waals surface area contributed by atoms with E-state index in [0.717, 1.165) is 29.1 Å². The molecule has 2 aromatic rings. The van der Waals surface area contributed by atoms with Gasteiger partial charge in [0, 0.05) is 11.1 Å². The fourth-order valence-electron chi connectivity index (χ4n) is 2.47. The molecule has 0 N–H and O–H groups in total. The number of nitrogens with zero attached hydrogens (tertiary/aromatic N) is 2. The van der Waals surface area contributed by atoms with Crippen LogP contribution in [0.1, 0.15) is 35.9 Å². The topological polar surface area (TPSA) is 25.8 Å². The van der Waals surface area contributed by atoms with Crippen molar-refractivity contribution in [1.82, 2.24) is 9.97 Å². The molecule has 0 spiro atoms. The number of benzene rings is 1. The minimum atomic E-state index is 0.393. The molecule has 3 rings (SSSR count). The third-order valence-electron chi connectivity index (χ3n) is 3.62. The fraction of sp³-hybridized carbons (Fsp3) is 0.375. The van der Waals surface area contributed by atoms with Crippen molar-refractivity contribution in [2.75, 3.05) is 5.75 Å². The van der Waals surface area contributed by atoms with E-state index in [2.05, 4.69) is 17.1 Å². The van der Waals surface area contributed by atoms with Crippen molar-refractivity contribution in [3.8, 4) is 11.3 Å². The van der Waals surface area contributed by atoms with Gasteiger partial charge in [-0.2, -0.15) is 11.8 Å². The van der Waals surface area contributed by atoms with E-state index < -0.39 is 0 Å². The molecule has 0 bridgehead atoms. The second-order valence-corrected chi connectivity index (χ2v) is 6.74. The van der Waals surface area contributed by atoms with E-state index in [1.54, 1.807) is 0 Å². The summed E-state index contributed by atoms with van der Waals surface area (Å²) >= 11 is 8.28. The number of halogens is 1. The molecule has 1 aliphatic heterocycles. The lowest BCUT2D eigenvalue weighted by Crippen LogP contribution is -2.08. The molecule has 1 aromatic carbocycles. The Hall–Kier alpha value is -1.06. The summed E-state index contributed by atoms with van der Waals surface area (Å²) < 4.78 is 0. The van der Waals surface area contributed by atoms with Crippen molar-refractivity contribution in [2.24, 2.45) is 0 Å². The van der Waals surface area contributed by atoms with Crippen molar-refractivity contribution in [1.29, 1.82) is 0 Å². The molecule has 2 heterocycles. The number of thioether (sulfide) groups is 1. The molecular weight excluding hydrogens is 288 g/mol. The molecule has 2 nitrogen and oxygen atoms in total. The molecule has 1 unspecified atom stereocenters. The first-order chi connectivity index (χ1) is 9.75. The monoisotopic (exact) mass is 304 g/mol. The summed E-state index contributed by atoms with van der Waals surface area (Å²) in [5.41, 5.74) is 3.03. The van der Waals surface area contributed by atoms with Crippen molar-refractivity contribution in [3.05, 3.63) is 46.9 Å². The van der Waals surface area contributed by atoms with Gasteiger partial charge in [-0.15, -0.1) is 0 Å². The van der Waals surface area contributed by atoms with Crippen LogP contribution in [0.15, 0.2) is 30.3 Å². The van der Waals surface area contributed by atoms with E-state index in [9.17, 15) is 0 Å². The Morgan fingerprint density at radius 3 is 2.65 bits per heavy atom. The number of hydrogen-bond acceptors (Lipinski definition) is 3. The highest BCUT2D eigenvalue weighted by atomic mass is 35.5. The first-order valence-electron chi connectivity index (χ1n) is 6.97. The van der Waals surface area contributed by atoms with Gasteiger partial charge in [-0.05, 0) is 25.5 Å². The minimum absolute atomic E-state index is 0.393. The summed E-state index contributed by atoms with van der Waals surface area (Å²) in [6.07, 6.45) is 3.71. The summed E-state index contributed by atoms with van der Waals surface area (Å²) in [6, 6.07) is 10.2. The van der Waals surface area contributed by atoms with E-state index in [1.165, 1.54) is 18.6 Å². The van der Waals surface area contributed by atoms with Crippen LogP contribution in [0.5, 0.6) is 0 Å². The van der Waals surface area contributed by atoms with Gasteiger partial charge in [0.05, 0.1) is 10.9 Å². The molecule has 20 heavy (non-hydrogen) atoms. The second kappa shape index (κ2) is 6.15. The molecule has 0 radical (unpaired) electrons. The molecular formula is C16H17ClN2S. The van der Waals surface area contributed by atoms with Crippen LogP contribution in [0.2, 0.25) is 5.15 Å². The molecule has 1 fully saturated rings. The molecule has 4 heteroatoms. The first-order valence-corrected chi connectivity index (χ1v) is 8.39. The zero-order chi connectivity index (χ0) is 13.9. The van der Waals surface area contributed by atoms with Crippen LogP contribution < -0.4 is 0 Å². The van der Waals surface area contributed by atoms with Gasteiger partial charge in [0.2, 0.25) is 0 Å². The van der Waals surface area contributed by atoms with E-state index in [1.807, 2.05) is 36.9 Å². The molecule has 104 valence electrons. The maximum atomic E-state index is 6.33. The SMILES string of the molecule is Cc1c(Cl)nc(C2CCCCS2)nc1-c1ccccc1. The normalized spacial score (nSPS) is 19.0. The Balaban J connectivity index is 2.03. The molecule has 0 saturated carbocycles. The van der Waals surface area contributed by atoms with Crippen LogP contribution in [0.25, 0.3) is 11.3 Å². The average molecular weight is 305 g/mol. The summed E-state index contributed by atoms with van der Waals surface area (Å²) in [5, 5.41) is 0.976. The highest BCUT2D eigenvalue weighted by Crippen LogP contribution is 2.38. The van der Waals surface area contributed by atoms with Gasteiger partial charge in [-0.25, -0.2) is 9.97 Å². The molecule has 0 aliphatic carbocycles. The van der Waals surface area contributed by atoms with Gasteiger partial charge in [0.1, 0.15) is 11.0 Å². The van der Waals surface area contributed by atoms with E-state index in [-0.39, 0.29) is 0 Å². The minimum Gasteiger partial charge on any atom is -0.231 e. The predicted octanol–water partition coefficient (Wildman–Crippen LogP) is 5.06. The van der Waals surface area contributed by atoms with Gasteiger partial charge in [0.15, 0.2) is 0 Å². The Morgan fingerprint density at radius 2 is 1.95 bits per heavy atom. The van der Waals surface area contributed by atoms with E-state index >= 15 is 0 Å². The largest absolute Gasteiger partial charge is 0.231 e. The van der Waals surface area contributed by atoms with Crippen LogP contribution in [0, 0.1) is 6.92 Å². The Labute approximate surface area is 129 Å². The molecule has 1 saturated heterocycles. The summed E-state index contributed by atoms with van der Waals surface area (Å²) in [7, 11) is 0. The second-order valence-electron chi connectivity index (χ2n) is 5.07. The Bertz CT molecular complexity index is 595. The first kappa shape index (κ1) is 13.9. The van der Waals surface area contributed by atoms with Gasteiger partial charge < -0.3 is 0 Å². The van der Waals surface area contributed by atoms with Crippen molar-refractivity contribution >= 4 is 23.4 Å². The number of hydrogen-bond donors (Lipinski definition) is 0. The van der Waals surface area contributed by atoms with Gasteiger partial charge >= 0.3 is 0 Å². The Morgan fingerprint density at radius 1 is 1.15 bits per heavy atom. The quantitative estimate of drug-likeness (QED) is 0.725. The lowest BCUT2D eigenvalue weighted by molar-refractivity contribution is 0.662. The van der Waals surface area contributed by atoms with E-state index in [4.69, 9.17) is 16.6 Å². The standard InChI is InChI=1S/C16H17ClN2S/c1-11-14(12-7-3-2-4-8-12)18-16(19-15(11)17)13-9-5-6-10-20-13/h2-4,7-8,13H,5-6,9-10H2,1H3. The number of rotatable bonds is 2. The molecule has 1 atom stereocenters. The zero-order valence-corrected chi connectivity index (χ0v) is 13.0. The number of aromatic nitrogens is 2. The highest BCUT2D eigenvalue weighted by molar-refractivity contribution is 7.99. The molecule has 1 aliphatic rings. The van der Waals surface area contributed by atoms with Crippen LogP contribution in [-0.4, -0.2) is 15.7 Å². The van der Waals surface area contributed by atoms with Crippen LogP contribution in [-0.2, 0) is 0 Å². The Kier molecular flexibility index (Phi) is 4.27. The zero-order valence-electron chi connectivity index (χ0n) is 11.5. The molecule has 0 amide bonds. The average Bonchev–Trinajstić information content (AvgIpc) is 2.51. The summed E-state index contributed by atoms with van der Waals surface area (Å²) in [4.78, 5) is 9.33. The lowest BCUT2D eigenvalue weighted by Gasteiger charge is -2.21. The maximum absolute atomic E-state index is 6.33. The summed E-state index contributed by atoms with van der Waals surface area (Å²) in [6.45, 7) is 1.99. The maximum Gasteiger partial charge on any atom is 0.143 e. The highest BCUT2D eigenvalue weighted by Gasteiger charge is 2.21. The predicted molar refractivity (Wildman–Crippen MR) is 86.3 cm³/mol. The van der Waals surface area contributed by atoms with Crippen molar-refractivity contribution < 1.29 is 0 Å². The van der Waals surface area contributed by atoms with Crippen LogP contribution in [0.3, 0.4) is 0 Å². The summed E-state index contributed by atoms with van der Waals surface area (Å²) in [5.74, 6) is 2.09. The van der Waals surface area contributed by atoms with Gasteiger partial charge in [0.25, 0.3) is 0 Å². The van der Waals surface area contributed by atoms with E-state index in [0.29, 0.717) is 10.4 Å². The lowest BCUT2D eigenvalue weighted by atomic mass is 10.1. The van der Waals surface area contributed by atoms with Crippen LogP contribution in [0.4, 0.5) is 0 Å². The molecule has 1 aromatic heterocycles. The van der Waals surface area contributed by atoms with Gasteiger partial charge in [-0.3, -0.25) is 0 Å². The van der Waals surface area contributed by atoms with Crippen molar-refractivity contribution in [2.45, 2.75) is 31.4 Å². The third kappa shape index (κ3) is 2.84. The fourth-order valence-corrected chi connectivity index (χ4v) is 3.89. The smallest absolute Gasteiger partial charge is 0.143 e. The van der Waals surface area contributed by atoms with Crippen molar-refractivity contribution in [3.63, 3.8) is 0 Å². The van der Waals surface area contributed by atoms with Gasteiger partial charge in [-0.1, -0.05) is 48.4 Å². The van der Waals surface area contributed by atoms with Crippen LogP contribution >= 0.6 is 23.4 Å².